The Morgan fingerprint density at radius 3 is 2.04 bits per heavy atom. The van der Waals surface area contributed by atoms with E-state index >= 15 is 0 Å². The summed E-state index contributed by atoms with van der Waals surface area (Å²) < 4.78 is 0. The molecule has 2 aromatic rings. The monoisotopic (exact) mass is 320 g/mol. The number of allylic oxidation sites excluding steroid dienone is 3. The Bertz CT molecular complexity index is 735. The molecule has 24 heavy (non-hydrogen) atoms. The lowest BCUT2D eigenvalue weighted by atomic mass is 9.94. The Hall–Kier alpha value is -2.12. The van der Waals surface area contributed by atoms with Gasteiger partial charge in [0.25, 0.3) is 0 Å². The zero-order valence-corrected chi connectivity index (χ0v) is 15.2. The molecule has 0 saturated carbocycles. The highest BCUT2D eigenvalue weighted by molar-refractivity contribution is 5.70. The van der Waals surface area contributed by atoms with Gasteiger partial charge >= 0.3 is 0 Å². The summed E-state index contributed by atoms with van der Waals surface area (Å²) in [6.07, 6.45) is 5.74. The molecular formula is C23H28O. The summed E-state index contributed by atoms with van der Waals surface area (Å²) in [7, 11) is 0. The largest absolute Gasteiger partial charge is 0.389 e. The van der Waals surface area contributed by atoms with E-state index in [1.807, 2.05) is 13.0 Å². The minimum Gasteiger partial charge on any atom is -0.389 e. The molecule has 0 heterocycles. The summed E-state index contributed by atoms with van der Waals surface area (Å²) in [5.74, 6) is 0. The highest BCUT2D eigenvalue weighted by Crippen LogP contribution is 2.26. The minimum atomic E-state index is -0.430. The van der Waals surface area contributed by atoms with Crippen LogP contribution in [0.2, 0.25) is 0 Å². The van der Waals surface area contributed by atoms with Crippen LogP contribution in [0.5, 0.6) is 0 Å². The maximum Gasteiger partial charge on any atom is 0.0698 e. The molecule has 1 heteroatoms. The molecule has 0 fully saturated rings. The average molecular weight is 320 g/mol. The molecule has 0 bridgehead atoms. The molecule has 0 aliphatic carbocycles. The van der Waals surface area contributed by atoms with E-state index in [1.165, 1.54) is 33.4 Å². The SMILES string of the molecule is C/C(=C/CC/C(=C/C(C)O)c1ccccc1C)c1ccccc1C. The van der Waals surface area contributed by atoms with Crippen molar-refractivity contribution in [3.8, 4) is 0 Å². The first-order valence-electron chi connectivity index (χ1n) is 8.66. The summed E-state index contributed by atoms with van der Waals surface area (Å²) in [5, 5.41) is 9.81. The van der Waals surface area contributed by atoms with Crippen molar-refractivity contribution in [1.82, 2.24) is 0 Å². The molecule has 0 amide bonds. The van der Waals surface area contributed by atoms with Crippen LogP contribution < -0.4 is 0 Å². The number of aliphatic hydroxyl groups excluding tert-OH is 1. The number of aliphatic hydroxyl groups is 1. The van der Waals surface area contributed by atoms with Gasteiger partial charge < -0.3 is 5.11 Å². The molecule has 0 saturated heterocycles. The van der Waals surface area contributed by atoms with Gasteiger partial charge in [-0.25, -0.2) is 0 Å². The second kappa shape index (κ2) is 8.65. The summed E-state index contributed by atoms with van der Waals surface area (Å²) in [6, 6.07) is 16.9. The fourth-order valence-electron chi connectivity index (χ4n) is 3.10. The highest BCUT2D eigenvalue weighted by Gasteiger charge is 2.06. The van der Waals surface area contributed by atoms with E-state index < -0.39 is 6.10 Å². The second-order valence-electron chi connectivity index (χ2n) is 6.49. The maximum absolute atomic E-state index is 9.81. The zero-order chi connectivity index (χ0) is 17.5. The first-order valence-corrected chi connectivity index (χ1v) is 8.66. The van der Waals surface area contributed by atoms with Gasteiger partial charge in [0.1, 0.15) is 0 Å². The maximum atomic E-state index is 9.81. The van der Waals surface area contributed by atoms with E-state index in [0.717, 1.165) is 12.8 Å². The van der Waals surface area contributed by atoms with Crippen LogP contribution in [0.25, 0.3) is 11.1 Å². The number of aryl methyl sites for hydroxylation is 2. The molecule has 0 aromatic heterocycles. The predicted molar refractivity (Wildman–Crippen MR) is 105 cm³/mol. The van der Waals surface area contributed by atoms with Crippen LogP contribution >= 0.6 is 0 Å². The summed E-state index contributed by atoms with van der Waals surface area (Å²) in [4.78, 5) is 0. The summed E-state index contributed by atoms with van der Waals surface area (Å²) in [6.45, 7) is 8.26. The Kier molecular flexibility index (Phi) is 6.57. The van der Waals surface area contributed by atoms with Gasteiger partial charge in [-0.05, 0) is 73.9 Å². The fourth-order valence-corrected chi connectivity index (χ4v) is 3.10. The molecule has 1 atom stereocenters. The molecule has 2 aromatic carbocycles. The van der Waals surface area contributed by atoms with E-state index in [9.17, 15) is 5.11 Å². The Morgan fingerprint density at radius 2 is 1.50 bits per heavy atom. The van der Waals surface area contributed by atoms with Gasteiger partial charge in [-0.2, -0.15) is 0 Å². The lowest BCUT2D eigenvalue weighted by Crippen LogP contribution is -1.98. The lowest BCUT2D eigenvalue weighted by Gasteiger charge is -2.12. The number of benzene rings is 2. The van der Waals surface area contributed by atoms with E-state index in [2.05, 4.69) is 75.4 Å². The first kappa shape index (κ1) is 18.2. The third-order valence-electron chi connectivity index (χ3n) is 4.37. The van der Waals surface area contributed by atoms with E-state index in [0.29, 0.717) is 0 Å². The van der Waals surface area contributed by atoms with Crippen molar-refractivity contribution in [2.24, 2.45) is 0 Å². The number of rotatable bonds is 6. The van der Waals surface area contributed by atoms with E-state index in [-0.39, 0.29) is 0 Å². The minimum absolute atomic E-state index is 0.430. The van der Waals surface area contributed by atoms with Gasteiger partial charge in [-0.1, -0.05) is 60.7 Å². The van der Waals surface area contributed by atoms with Crippen LogP contribution in [0, 0.1) is 13.8 Å². The molecule has 1 unspecified atom stereocenters. The van der Waals surface area contributed by atoms with Gasteiger partial charge in [0.05, 0.1) is 6.10 Å². The van der Waals surface area contributed by atoms with Crippen molar-refractivity contribution in [3.63, 3.8) is 0 Å². The van der Waals surface area contributed by atoms with Crippen molar-refractivity contribution in [1.29, 1.82) is 0 Å². The third kappa shape index (κ3) is 4.94. The second-order valence-corrected chi connectivity index (χ2v) is 6.49. The van der Waals surface area contributed by atoms with E-state index in [1.54, 1.807) is 0 Å². The summed E-state index contributed by atoms with van der Waals surface area (Å²) in [5.41, 5.74) is 7.65. The average Bonchev–Trinajstić information content (AvgIpc) is 2.54. The van der Waals surface area contributed by atoms with Crippen LogP contribution in [0.15, 0.2) is 60.7 Å². The number of hydrogen-bond acceptors (Lipinski definition) is 1. The smallest absolute Gasteiger partial charge is 0.0698 e. The van der Waals surface area contributed by atoms with E-state index in [4.69, 9.17) is 0 Å². The predicted octanol–water partition coefficient (Wildman–Crippen LogP) is 5.95. The lowest BCUT2D eigenvalue weighted by molar-refractivity contribution is 0.244. The standard InChI is InChI=1S/C23H28O/c1-17-10-5-7-14-22(17)18(2)12-9-13-21(16-20(4)24)23-15-8-6-11-19(23)3/h5-8,10-12,14-16,20,24H,9,13H2,1-4H3/b18-12-,21-16-. The van der Waals surface area contributed by atoms with Gasteiger partial charge in [-0.15, -0.1) is 0 Å². The topological polar surface area (TPSA) is 20.2 Å². The molecule has 2 rings (SSSR count). The van der Waals surface area contributed by atoms with Crippen molar-refractivity contribution in [2.75, 3.05) is 0 Å². The van der Waals surface area contributed by atoms with Crippen LogP contribution in [0.1, 0.15) is 48.9 Å². The third-order valence-corrected chi connectivity index (χ3v) is 4.37. The molecule has 0 radical (unpaired) electrons. The normalized spacial score (nSPS) is 13.9. The quantitative estimate of drug-likeness (QED) is 0.697. The zero-order valence-electron chi connectivity index (χ0n) is 15.2. The first-order chi connectivity index (χ1) is 11.5. The molecule has 1 N–H and O–H groups in total. The van der Waals surface area contributed by atoms with Gasteiger partial charge in [0, 0.05) is 0 Å². The molecular weight excluding hydrogens is 292 g/mol. The Labute approximate surface area is 146 Å². The van der Waals surface area contributed by atoms with Crippen LogP contribution in [0.3, 0.4) is 0 Å². The summed E-state index contributed by atoms with van der Waals surface area (Å²) >= 11 is 0. The van der Waals surface area contributed by atoms with Crippen molar-refractivity contribution in [3.05, 3.63) is 82.9 Å². The number of hydrogen-bond donors (Lipinski definition) is 1. The van der Waals surface area contributed by atoms with Crippen molar-refractivity contribution < 1.29 is 5.11 Å². The van der Waals surface area contributed by atoms with Crippen LogP contribution in [-0.4, -0.2) is 11.2 Å². The van der Waals surface area contributed by atoms with Crippen LogP contribution in [0.4, 0.5) is 0 Å². The molecule has 0 aliphatic rings. The van der Waals surface area contributed by atoms with Gasteiger partial charge in [0.15, 0.2) is 0 Å². The molecule has 1 nitrogen and oxygen atoms in total. The van der Waals surface area contributed by atoms with Gasteiger partial charge in [0.2, 0.25) is 0 Å². The molecule has 126 valence electrons. The fraction of sp³-hybridized carbons (Fsp3) is 0.304. The Morgan fingerprint density at radius 1 is 0.958 bits per heavy atom. The molecule has 0 aliphatic heterocycles. The van der Waals surface area contributed by atoms with Gasteiger partial charge in [-0.3, -0.25) is 0 Å². The van der Waals surface area contributed by atoms with Crippen molar-refractivity contribution in [2.45, 2.75) is 46.6 Å². The van der Waals surface area contributed by atoms with Crippen molar-refractivity contribution >= 4 is 11.1 Å². The van der Waals surface area contributed by atoms with Crippen LogP contribution in [-0.2, 0) is 0 Å². The molecule has 0 spiro atoms. The highest BCUT2D eigenvalue weighted by atomic mass is 16.3. The Balaban J connectivity index is 2.16.